The zero-order valence-corrected chi connectivity index (χ0v) is 11.7. The second-order valence-electron chi connectivity index (χ2n) is 4.33. The van der Waals surface area contributed by atoms with Crippen LogP contribution in [0.2, 0.25) is 5.02 Å². The molecule has 2 N–H and O–H groups in total. The van der Waals surface area contributed by atoms with Gasteiger partial charge in [-0.15, -0.1) is 0 Å². The predicted molar refractivity (Wildman–Crippen MR) is 72.1 cm³/mol. The summed E-state index contributed by atoms with van der Waals surface area (Å²) in [6, 6.07) is 5.47. The summed E-state index contributed by atoms with van der Waals surface area (Å²) >= 11 is 6.01. The first-order valence-electron chi connectivity index (χ1n) is 5.49. The van der Waals surface area contributed by atoms with E-state index in [9.17, 15) is 8.42 Å². The summed E-state index contributed by atoms with van der Waals surface area (Å²) in [4.78, 5) is 0. The van der Waals surface area contributed by atoms with E-state index in [2.05, 4.69) is 0 Å². The molecular weight excluding hydrogens is 258 g/mol. The second kappa shape index (κ2) is 5.85. The molecule has 0 saturated carbocycles. The number of hydrogen-bond acceptors (Lipinski definition) is 3. The van der Waals surface area contributed by atoms with Crippen LogP contribution in [0.3, 0.4) is 0 Å². The van der Waals surface area contributed by atoms with Crippen LogP contribution >= 0.6 is 11.6 Å². The van der Waals surface area contributed by atoms with E-state index in [-0.39, 0.29) is 11.8 Å². The van der Waals surface area contributed by atoms with Crippen molar-refractivity contribution in [1.29, 1.82) is 0 Å². The second-order valence-corrected chi connectivity index (χ2v) is 7.00. The summed E-state index contributed by atoms with van der Waals surface area (Å²) in [5, 5.41) is 0.695. The Morgan fingerprint density at radius 2 is 2.06 bits per heavy atom. The molecule has 17 heavy (non-hydrogen) atoms. The van der Waals surface area contributed by atoms with Gasteiger partial charge >= 0.3 is 0 Å². The quantitative estimate of drug-likeness (QED) is 0.898. The van der Waals surface area contributed by atoms with Crippen LogP contribution in [0, 0.1) is 6.92 Å². The topological polar surface area (TPSA) is 60.2 Å². The normalized spacial score (nSPS) is 13.6. The average molecular weight is 276 g/mol. The first-order chi connectivity index (χ1) is 7.81. The van der Waals surface area contributed by atoms with Gasteiger partial charge < -0.3 is 5.73 Å². The van der Waals surface area contributed by atoms with Gasteiger partial charge in [-0.05, 0) is 37.0 Å². The summed E-state index contributed by atoms with van der Waals surface area (Å²) in [5.41, 5.74) is 8.01. The van der Waals surface area contributed by atoms with Crippen molar-refractivity contribution in [1.82, 2.24) is 0 Å². The van der Waals surface area contributed by atoms with Crippen molar-refractivity contribution in [2.24, 2.45) is 5.73 Å². The number of sulfone groups is 1. The van der Waals surface area contributed by atoms with Crippen molar-refractivity contribution in [2.45, 2.75) is 25.8 Å². The highest BCUT2D eigenvalue weighted by Gasteiger charge is 2.11. The van der Waals surface area contributed by atoms with E-state index in [1.165, 1.54) is 6.26 Å². The van der Waals surface area contributed by atoms with Gasteiger partial charge in [-0.1, -0.05) is 23.7 Å². The smallest absolute Gasteiger partial charge is 0.147 e. The van der Waals surface area contributed by atoms with Gasteiger partial charge in [0.2, 0.25) is 0 Å². The Balaban J connectivity index is 2.64. The van der Waals surface area contributed by atoms with Crippen molar-refractivity contribution < 1.29 is 8.42 Å². The van der Waals surface area contributed by atoms with Crippen LogP contribution in [0.25, 0.3) is 0 Å². The molecule has 0 heterocycles. The zero-order valence-electron chi connectivity index (χ0n) is 10.1. The Labute approximate surface area is 108 Å². The lowest BCUT2D eigenvalue weighted by atomic mass is 9.99. The fourth-order valence-corrected chi connectivity index (χ4v) is 2.62. The lowest BCUT2D eigenvalue weighted by Gasteiger charge is -2.15. The third kappa shape index (κ3) is 4.66. The molecule has 0 spiro atoms. The molecule has 0 saturated heterocycles. The molecule has 0 aromatic heterocycles. The van der Waals surface area contributed by atoms with Crippen LogP contribution in [0.1, 0.15) is 30.0 Å². The predicted octanol–water partition coefficient (Wildman–Crippen LogP) is 2.47. The van der Waals surface area contributed by atoms with Gasteiger partial charge in [0.05, 0.1) is 0 Å². The number of halogens is 1. The van der Waals surface area contributed by atoms with Crippen LogP contribution in [0.4, 0.5) is 0 Å². The first kappa shape index (κ1) is 14.5. The summed E-state index contributed by atoms with van der Waals surface area (Å²) in [6.45, 7) is 1.92. The number of benzene rings is 1. The number of nitrogens with two attached hydrogens (primary N) is 1. The van der Waals surface area contributed by atoms with Crippen molar-refractivity contribution in [3.05, 3.63) is 34.3 Å². The zero-order chi connectivity index (χ0) is 13.1. The van der Waals surface area contributed by atoms with Crippen molar-refractivity contribution in [3.8, 4) is 0 Å². The molecule has 0 aliphatic rings. The number of rotatable bonds is 5. The maximum absolute atomic E-state index is 11.0. The van der Waals surface area contributed by atoms with E-state index in [4.69, 9.17) is 17.3 Å². The molecule has 1 unspecified atom stereocenters. The Morgan fingerprint density at radius 1 is 1.41 bits per heavy atom. The monoisotopic (exact) mass is 275 g/mol. The third-order valence-electron chi connectivity index (χ3n) is 2.74. The third-order valence-corrected chi connectivity index (χ3v) is 4.18. The largest absolute Gasteiger partial charge is 0.324 e. The highest BCUT2D eigenvalue weighted by Crippen LogP contribution is 2.25. The minimum absolute atomic E-state index is 0.157. The summed E-state index contributed by atoms with van der Waals surface area (Å²) in [5.74, 6) is 0.181. The van der Waals surface area contributed by atoms with E-state index >= 15 is 0 Å². The molecule has 0 amide bonds. The van der Waals surface area contributed by atoms with Gasteiger partial charge in [-0.3, -0.25) is 0 Å². The van der Waals surface area contributed by atoms with Gasteiger partial charge in [0.15, 0.2) is 0 Å². The molecule has 0 bridgehead atoms. The van der Waals surface area contributed by atoms with Crippen LogP contribution < -0.4 is 5.73 Å². The maximum atomic E-state index is 11.0. The van der Waals surface area contributed by atoms with Crippen LogP contribution in [-0.4, -0.2) is 20.4 Å². The molecule has 0 fully saturated rings. The van der Waals surface area contributed by atoms with Crippen molar-refractivity contribution in [3.63, 3.8) is 0 Å². The summed E-state index contributed by atoms with van der Waals surface area (Å²) in [6.07, 6.45) is 2.46. The molecule has 5 heteroatoms. The van der Waals surface area contributed by atoms with E-state index in [0.29, 0.717) is 17.9 Å². The minimum atomic E-state index is -2.90. The Kier molecular flexibility index (Phi) is 4.98. The molecule has 1 aromatic rings. The van der Waals surface area contributed by atoms with E-state index in [1.807, 2.05) is 25.1 Å². The summed E-state index contributed by atoms with van der Waals surface area (Å²) < 4.78 is 22.0. The first-order valence-corrected chi connectivity index (χ1v) is 7.93. The molecule has 3 nitrogen and oxygen atoms in total. The summed E-state index contributed by atoms with van der Waals surface area (Å²) in [7, 11) is -2.90. The van der Waals surface area contributed by atoms with Gasteiger partial charge in [-0.2, -0.15) is 0 Å². The Morgan fingerprint density at radius 3 is 2.65 bits per heavy atom. The van der Waals surface area contributed by atoms with Gasteiger partial charge in [0.1, 0.15) is 9.84 Å². The fourth-order valence-electron chi connectivity index (χ4n) is 1.75. The number of hydrogen-bond donors (Lipinski definition) is 1. The van der Waals surface area contributed by atoms with Crippen LogP contribution in [0.5, 0.6) is 0 Å². The van der Waals surface area contributed by atoms with Gasteiger partial charge in [-0.25, -0.2) is 8.42 Å². The van der Waals surface area contributed by atoms with E-state index < -0.39 is 9.84 Å². The molecule has 1 atom stereocenters. The molecular formula is C12H18ClNO2S. The van der Waals surface area contributed by atoms with Crippen molar-refractivity contribution >= 4 is 21.4 Å². The van der Waals surface area contributed by atoms with Crippen molar-refractivity contribution in [2.75, 3.05) is 12.0 Å². The van der Waals surface area contributed by atoms with Gasteiger partial charge in [0.25, 0.3) is 0 Å². The average Bonchev–Trinajstić information content (AvgIpc) is 2.20. The lowest BCUT2D eigenvalue weighted by molar-refractivity contribution is 0.587. The lowest BCUT2D eigenvalue weighted by Crippen LogP contribution is -2.14. The maximum Gasteiger partial charge on any atom is 0.147 e. The Hall–Kier alpha value is -0.580. The van der Waals surface area contributed by atoms with E-state index in [0.717, 1.165) is 11.1 Å². The molecule has 0 aliphatic carbocycles. The molecule has 0 radical (unpaired) electrons. The fraction of sp³-hybridized carbons (Fsp3) is 0.500. The highest BCUT2D eigenvalue weighted by atomic mass is 35.5. The molecule has 0 aliphatic heterocycles. The van der Waals surface area contributed by atoms with Gasteiger partial charge in [0, 0.05) is 23.1 Å². The highest BCUT2D eigenvalue weighted by molar-refractivity contribution is 7.90. The molecule has 1 rings (SSSR count). The SMILES string of the molecule is Cc1c(Cl)cccc1C(N)CCCS(C)(=O)=O. The Bertz CT molecular complexity index is 485. The standard InChI is InChI=1S/C12H18ClNO2S/c1-9-10(5-3-6-11(9)13)12(14)7-4-8-17(2,15)16/h3,5-6,12H,4,7-8,14H2,1-2H3. The van der Waals surface area contributed by atoms with E-state index in [1.54, 1.807) is 0 Å². The molecule has 1 aromatic carbocycles. The molecule has 96 valence electrons. The van der Waals surface area contributed by atoms with Crippen LogP contribution in [-0.2, 0) is 9.84 Å². The van der Waals surface area contributed by atoms with Crippen LogP contribution in [0.15, 0.2) is 18.2 Å². The minimum Gasteiger partial charge on any atom is -0.324 e.